The fraction of sp³-hybridized carbons (Fsp3) is 0.645. The molecule has 0 spiro atoms. The van der Waals surface area contributed by atoms with E-state index in [9.17, 15) is 24.0 Å². The first-order chi connectivity index (χ1) is 20.3. The predicted octanol–water partition coefficient (Wildman–Crippen LogP) is 3.97. The van der Waals surface area contributed by atoms with Crippen LogP contribution in [0, 0.1) is 5.92 Å². The molecule has 0 bridgehead atoms. The minimum absolute atomic E-state index is 0.00737. The van der Waals surface area contributed by atoms with Crippen LogP contribution in [0.25, 0.3) is 0 Å². The third kappa shape index (κ3) is 13.2. The monoisotopic (exact) mass is 623 g/mol. The Bertz CT molecular complexity index is 1080. The van der Waals surface area contributed by atoms with Gasteiger partial charge in [0.05, 0.1) is 13.2 Å². The summed E-state index contributed by atoms with van der Waals surface area (Å²) < 4.78 is 27.6. The van der Waals surface area contributed by atoms with E-state index in [0.717, 1.165) is 5.56 Å². The van der Waals surface area contributed by atoms with Gasteiger partial charge in [-0.3, -0.25) is 20.2 Å². The van der Waals surface area contributed by atoms with Crippen molar-refractivity contribution in [3.63, 3.8) is 0 Å². The average molecular weight is 624 g/mol. The summed E-state index contributed by atoms with van der Waals surface area (Å²) in [6, 6.07) is 9.06. The maximum atomic E-state index is 14.2. The Morgan fingerprint density at radius 1 is 0.818 bits per heavy atom. The molecule has 248 valence electrons. The van der Waals surface area contributed by atoms with Gasteiger partial charge in [-0.15, -0.1) is 0 Å². The molecule has 1 aromatic rings. The standard InChI is InChI=1S/C31H49N3O10/c1-11-22(25(36)32-18-23(35)40-12-2)42-26(37)31(33-27(38)43-29(5,6)7,34-28(39)44-30(8,9)10)24(20(3)4)41-19-21-16-14-13-15-17-21/h13-17,20,22,24H,11-12,18-19H2,1-10H3,(H,32,36)(H,33,38)(H,34,39). The zero-order valence-electron chi connectivity index (χ0n) is 27.5. The number of esters is 2. The van der Waals surface area contributed by atoms with Crippen molar-refractivity contribution in [2.75, 3.05) is 13.2 Å². The Kier molecular flexibility index (Phi) is 14.6. The number of amides is 3. The fourth-order valence-electron chi connectivity index (χ4n) is 3.93. The van der Waals surface area contributed by atoms with Gasteiger partial charge in [-0.2, -0.15) is 0 Å². The van der Waals surface area contributed by atoms with E-state index in [0.29, 0.717) is 0 Å². The quantitative estimate of drug-likeness (QED) is 0.157. The van der Waals surface area contributed by atoms with Crippen LogP contribution in [0.2, 0.25) is 0 Å². The van der Waals surface area contributed by atoms with Crippen LogP contribution >= 0.6 is 0 Å². The highest BCUT2D eigenvalue weighted by Crippen LogP contribution is 2.26. The molecule has 2 unspecified atom stereocenters. The van der Waals surface area contributed by atoms with Crippen molar-refractivity contribution in [2.45, 2.75) is 111 Å². The van der Waals surface area contributed by atoms with Gasteiger partial charge in [0.1, 0.15) is 23.9 Å². The number of ether oxygens (including phenoxy) is 5. The van der Waals surface area contributed by atoms with Crippen molar-refractivity contribution in [3.8, 4) is 0 Å². The molecule has 0 saturated heterocycles. The summed E-state index contributed by atoms with van der Waals surface area (Å²) in [5.41, 5.74) is -3.66. The molecule has 0 aromatic heterocycles. The molecule has 0 fully saturated rings. The second-order valence-electron chi connectivity index (χ2n) is 12.3. The third-order valence-corrected chi connectivity index (χ3v) is 5.65. The van der Waals surface area contributed by atoms with E-state index in [1.54, 1.807) is 81.4 Å². The Morgan fingerprint density at radius 3 is 1.77 bits per heavy atom. The number of rotatable bonds is 14. The highest BCUT2D eigenvalue weighted by molar-refractivity contribution is 5.93. The number of hydrogen-bond acceptors (Lipinski definition) is 10. The molecule has 0 aliphatic carbocycles. The lowest BCUT2D eigenvalue weighted by Crippen LogP contribution is -2.74. The summed E-state index contributed by atoms with van der Waals surface area (Å²) in [6.45, 7) is 16.0. The van der Waals surface area contributed by atoms with Crippen LogP contribution in [-0.4, -0.2) is 72.3 Å². The van der Waals surface area contributed by atoms with E-state index in [4.69, 9.17) is 23.7 Å². The summed E-state index contributed by atoms with van der Waals surface area (Å²) in [5, 5.41) is 7.33. The SMILES string of the molecule is CCOC(=O)CNC(=O)C(CC)OC(=O)C(NC(=O)OC(C)(C)C)(NC(=O)OC(C)(C)C)C(OCc1ccccc1)C(C)C. The van der Waals surface area contributed by atoms with Gasteiger partial charge in [0, 0.05) is 0 Å². The molecule has 2 atom stereocenters. The summed E-state index contributed by atoms with van der Waals surface area (Å²) in [4.78, 5) is 65.4. The Balaban J connectivity index is 3.65. The van der Waals surface area contributed by atoms with Crippen LogP contribution in [-0.2, 0) is 44.7 Å². The molecule has 3 amide bonds. The molecule has 0 aliphatic heterocycles. The summed E-state index contributed by atoms with van der Waals surface area (Å²) in [7, 11) is 0. The molecule has 3 N–H and O–H groups in total. The number of hydrogen-bond donors (Lipinski definition) is 3. The molecule has 0 aliphatic rings. The number of carbonyl (C=O) groups is 5. The lowest BCUT2D eigenvalue weighted by molar-refractivity contribution is -0.174. The molecular formula is C31H49N3O10. The third-order valence-electron chi connectivity index (χ3n) is 5.65. The van der Waals surface area contributed by atoms with E-state index in [1.807, 2.05) is 18.2 Å². The van der Waals surface area contributed by atoms with Crippen molar-refractivity contribution in [1.29, 1.82) is 0 Å². The Morgan fingerprint density at radius 2 is 1.34 bits per heavy atom. The predicted molar refractivity (Wildman–Crippen MR) is 161 cm³/mol. The van der Waals surface area contributed by atoms with E-state index in [2.05, 4.69) is 16.0 Å². The van der Waals surface area contributed by atoms with E-state index in [-0.39, 0.29) is 19.6 Å². The van der Waals surface area contributed by atoms with Crippen LogP contribution in [0.15, 0.2) is 30.3 Å². The first kappa shape index (κ1) is 38.2. The van der Waals surface area contributed by atoms with Crippen LogP contribution in [0.4, 0.5) is 9.59 Å². The highest BCUT2D eigenvalue weighted by Gasteiger charge is 2.54. The first-order valence-electron chi connectivity index (χ1n) is 14.7. The lowest BCUT2D eigenvalue weighted by atomic mass is 9.92. The van der Waals surface area contributed by atoms with Gasteiger partial charge in [-0.1, -0.05) is 51.1 Å². The van der Waals surface area contributed by atoms with E-state index in [1.165, 1.54) is 0 Å². The van der Waals surface area contributed by atoms with E-state index >= 15 is 0 Å². The molecular weight excluding hydrogens is 574 g/mol. The molecule has 13 heteroatoms. The smallest absolute Gasteiger partial charge is 0.410 e. The molecule has 13 nitrogen and oxygen atoms in total. The van der Waals surface area contributed by atoms with Gasteiger partial charge in [0.2, 0.25) is 5.66 Å². The van der Waals surface area contributed by atoms with Crippen molar-refractivity contribution in [3.05, 3.63) is 35.9 Å². The minimum Gasteiger partial charge on any atom is -0.465 e. The van der Waals surface area contributed by atoms with Crippen LogP contribution < -0.4 is 16.0 Å². The molecule has 44 heavy (non-hydrogen) atoms. The lowest BCUT2D eigenvalue weighted by Gasteiger charge is -2.41. The fourth-order valence-corrected chi connectivity index (χ4v) is 3.93. The second kappa shape index (κ2) is 16.8. The number of alkyl carbamates (subject to hydrolysis) is 2. The maximum Gasteiger partial charge on any atom is 0.410 e. The van der Waals surface area contributed by atoms with Crippen molar-refractivity contribution in [2.24, 2.45) is 5.92 Å². The molecule has 0 saturated carbocycles. The summed E-state index contributed by atoms with van der Waals surface area (Å²) >= 11 is 0. The van der Waals surface area contributed by atoms with Crippen LogP contribution in [0.3, 0.4) is 0 Å². The van der Waals surface area contributed by atoms with Crippen molar-refractivity contribution >= 4 is 30.0 Å². The first-order valence-corrected chi connectivity index (χ1v) is 14.7. The average Bonchev–Trinajstić information content (AvgIpc) is 2.88. The van der Waals surface area contributed by atoms with Crippen molar-refractivity contribution in [1.82, 2.24) is 16.0 Å². The van der Waals surface area contributed by atoms with Crippen LogP contribution in [0.1, 0.15) is 81.2 Å². The number of nitrogens with one attached hydrogen (secondary N) is 3. The second-order valence-corrected chi connectivity index (χ2v) is 12.3. The number of carbonyl (C=O) groups excluding carboxylic acids is 5. The Labute approximate surface area is 260 Å². The Hall–Kier alpha value is -3.87. The largest absolute Gasteiger partial charge is 0.465 e. The minimum atomic E-state index is -2.44. The van der Waals surface area contributed by atoms with E-state index < -0.39 is 71.6 Å². The molecule has 0 heterocycles. The number of benzene rings is 1. The van der Waals surface area contributed by atoms with Gasteiger partial charge in [-0.25, -0.2) is 14.4 Å². The highest BCUT2D eigenvalue weighted by atomic mass is 16.6. The van der Waals surface area contributed by atoms with Crippen LogP contribution in [0.5, 0.6) is 0 Å². The molecule has 1 aromatic carbocycles. The zero-order chi connectivity index (χ0) is 33.7. The van der Waals surface area contributed by atoms with Crippen molar-refractivity contribution < 1.29 is 47.7 Å². The van der Waals surface area contributed by atoms with Gasteiger partial charge < -0.3 is 29.0 Å². The van der Waals surface area contributed by atoms with Gasteiger partial charge in [-0.05, 0) is 66.4 Å². The summed E-state index contributed by atoms with van der Waals surface area (Å²) in [5.74, 6) is -3.22. The van der Waals surface area contributed by atoms with Gasteiger partial charge in [0.25, 0.3) is 5.91 Å². The van der Waals surface area contributed by atoms with Gasteiger partial charge >= 0.3 is 24.1 Å². The topological polar surface area (TPSA) is 168 Å². The zero-order valence-corrected chi connectivity index (χ0v) is 27.5. The molecule has 1 rings (SSSR count). The maximum absolute atomic E-state index is 14.2. The summed E-state index contributed by atoms with van der Waals surface area (Å²) in [6.07, 6.45) is -4.83. The molecule has 0 radical (unpaired) electrons. The normalized spacial score (nSPS) is 13.2. The van der Waals surface area contributed by atoms with Gasteiger partial charge in [0.15, 0.2) is 6.10 Å².